The Balaban J connectivity index is 2.53. The molecule has 0 amide bonds. The van der Waals surface area contributed by atoms with Crippen molar-refractivity contribution in [3.8, 4) is 5.75 Å². The van der Waals surface area contributed by atoms with Crippen LogP contribution in [0.4, 0.5) is 0 Å². The van der Waals surface area contributed by atoms with Crippen molar-refractivity contribution in [1.29, 1.82) is 0 Å². The fraction of sp³-hybridized carbons (Fsp3) is 0.267. The fourth-order valence-corrected chi connectivity index (χ4v) is 1.54. The van der Waals surface area contributed by atoms with Gasteiger partial charge in [0.25, 0.3) is 0 Å². The molecular weight excluding hydrogens is 292 g/mol. The van der Waals surface area contributed by atoms with Gasteiger partial charge in [0.05, 0.1) is 13.0 Å². The number of carboxylic acid groups (broad SMARTS) is 2. The van der Waals surface area contributed by atoms with Gasteiger partial charge in [-0.1, -0.05) is 24.3 Å². The summed E-state index contributed by atoms with van der Waals surface area (Å²) in [7, 11) is 0. The minimum atomic E-state index is -1.31. The van der Waals surface area contributed by atoms with Crippen LogP contribution in [-0.2, 0) is 19.1 Å². The smallest absolute Gasteiger partial charge is 0.341 e. The van der Waals surface area contributed by atoms with E-state index in [4.69, 9.17) is 14.9 Å². The molecule has 0 fully saturated rings. The minimum absolute atomic E-state index is 0.106. The summed E-state index contributed by atoms with van der Waals surface area (Å²) < 4.78 is 9.87. The summed E-state index contributed by atoms with van der Waals surface area (Å²) in [6, 6.07) is 9.00. The van der Waals surface area contributed by atoms with Crippen LogP contribution in [0.2, 0.25) is 0 Å². The quantitative estimate of drug-likeness (QED) is 0.404. The highest BCUT2D eigenvalue weighted by atomic mass is 16.5. The molecule has 22 heavy (non-hydrogen) atoms. The minimum Gasteiger partial charge on any atom is -0.493 e. The first-order valence-corrected chi connectivity index (χ1v) is 6.46. The van der Waals surface area contributed by atoms with Crippen molar-refractivity contribution in [2.45, 2.75) is 12.8 Å². The number of hydrogen-bond donors (Lipinski definition) is 2. The molecule has 118 valence electrons. The average molecular weight is 308 g/mol. The maximum atomic E-state index is 11.6. The summed E-state index contributed by atoms with van der Waals surface area (Å²) >= 11 is 0. The lowest BCUT2D eigenvalue weighted by atomic mass is 10.1. The summed E-state index contributed by atoms with van der Waals surface area (Å²) in [5, 5.41) is 17.2. The molecule has 1 aromatic carbocycles. The molecule has 0 aliphatic rings. The fourth-order valence-electron chi connectivity index (χ4n) is 1.54. The first-order chi connectivity index (χ1) is 10.5. The van der Waals surface area contributed by atoms with Crippen molar-refractivity contribution >= 4 is 17.9 Å². The maximum Gasteiger partial charge on any atom is 0.341 e. The molecule has 2 N–H and O–H groups in total. The molecule has 0 saturated carbocycles. The number of carbonyl (C=O) groups excluding carboxylic acids is 1. The molecule has 0 unspecified atom stereocenters. The third-order valence-electron chi connectivity index (χ3n) is 2.45. The Bertz CT molecular complexity index is 548. The molecule has 0 saturated heterocycles. The summed E-state index contributed by atoms with van der Waals surface area (Å²) in [6.45, 7) is -0.560. The van der Waals surface area contributed by atoms with Crippen molar-refractivity contribution in [1.82, 2.24) is 0 Å². The Morgan fingerprint density at radius 3 is 2.32 bits per heavy atom. The van der Waals surface area contributed by atoms with Crippen LogP contribution in [0.5, 0.6) is 5.75 Å². The molecule has 7 heteroatoms. The number of aliphatic carboxylic acids is 2. The van der Waals surface area contributed by atoms with E-state index in [0.717, 1.165) is 0 Å². The Kier molecular flexibility index (Phi) is 7.18. The van der Waals surface area contributed by atoms with Crippen LogP contribution in [0.1, 0.15) is 12.8 Å². The van der Waals surface area contributed by atoms with Gasteiger partial charge in [0, 0.05) is 12.0 Å². The number of rotatable bonds is 9. The third-order valence-corrected chi connectivity index (χ3v) is 2.45. The molecule has 0 aliphatic heterocycles. The highest BCUT2D eigenvalue weighted by molar-refractivity contribution is 5.94. The Morgan fingerprint density at radius 1 is 1.05 bits per heavy atom. The molecule has 0 aliphatic carbocycles. The van der Waals surface area contributed by atoms with Crippen molar-refractivity contribution in [2.24, 2.45) is 0 Å². The number of para-hydroxylation sites is 1. The van der Waals surface area contributed by atoms with Crippen LogP contribution >= 0.6 is 0 Å². The number of benzene rings is 1. The highest BCUT2D eigenvalue weighted by Crippen LogP contribution is 2.10. The molecule has 0 bridgehead atoms. The van der Waals surface area contributed by atoms with Gasteiger partial charge in [-0.05, 0) is 12.1 Å². The van der Waals surface area contributed by atoms with E-state index in [9.17, 15) is 14.4 Å². The topological polar surface area (TPSA) is 110 Å². The van der Waals surface area contributed by atoms with Crippen LogP contribution in [0.25, 0.3) is 0 Å². The molecule has 1 aromatic rings. The largest absolute Gasteiger partial charge is 0.493 e. The molecular formula is C15H16O7. The van der Waals surface area contributed by atoms with E-state index in [1.54, 1.807) is 12.1 Å². The van der Waals surface area contributed by atoms with Crippen LogP contribution in [0, 0.1) is 0 Å². The molecule has 0 aromatic heterocycles. The van der Waals surface area contributed by atoms with Crippen molar-refractivity contribution in [3.05, 3.63) is 42.0 Å². The lowest BCUT2D eigenvalue weighted by Crippen LogP contribution is -2.16. The molecule has 0 atom stereocenters. The molecule has 0 spiro atoms. The van der Waals surface area contributed by atoms with Crippen molar-refractivity contribution < 1.29 is 34.1 Å². The normalized spacial score (nSPS) is 10.8. The van der Waals surface area contributed by atoms with Gasteiger partial charge in [0.15, 0.2) is 6.61 Å². The van der Waals surface area contributed by atoms with Gasteiger partial charge in [0.2, 0.25) is 0 Å². The zero-order valence-corrected chi connectivity index (χ0v) is 11.7. The summed E-state index contributed by atoms with van der Waals surface area (Å²) in [6.07, 6.45) is 1.13. The average Bonchev–Trinajstić information content (AvgIpc) is 2.48. The summed E-state index contributed by atoms with van der Waals surface area (Å²) in [5.74, 6) is -2.81. The number of ether oxygens (including phenoxy) is 2. The SMILES string of the molecule is O=C(O)COC(=O)C(=CCCOc1ccccc1)CC(=O)O. The summed E-state index contributed by atoms with van der Waals surface area (Å²) in [4.78, 5) is 32.6. The van der Waals surface area contributed by atoms with Crippen LogP contribution in [0.15, 0.2) is 42.0 Å². The monoisotopic (exact) mass is 308 g/mol. The van der Waals surface area contributed by atoms with E-state index in [1.807, 2.05) is 18.2 Å². The van der Waals surface area contributed by atoms with E-state index in [2.05, 4.69) is 4.74 Å². The van der Waals surface area contributed by atoms with Gasteiger partial charge in [-0.3, -0.25) is 4.79 Å². The van der Waals surface area contributed by atoms with Gasteiger partial charge in [0.1, 0.15) is 5.75 Å². The lowest BCUT2D eigenvalue weighted by Gasteiger charge is -2.06. The first kappa shape index (κ1) is 17.2. The van der Waals surface area contributed by atoms with Crippen LogP contribution < -0.4 is 4.74 Å². The van der Waals surface area contributed by atoms with E-state index >= 15 is 0 Å². The Hall–Kier alpha value is -2.83. The van der Waals surface area contributed by atoms with Crippen molar-refractivity contribution in [2.75, 3.05) is 13.2 Å². The second-order valence-electron chi connectivity index (χ2n) is 4.22. The van der Waals surface area contributed by atoms with Gasteiger partial charge >= 0.3 is 17.9 Å². The predicted molar refractivity (Wildman–Crippen MR) is 75.5 cm³/mol. The molecule has 7 nitrogen and oxygen atoms in total. The predicted octanol–water partition coefficient (Wildman–Crippen LogP) is 1.48. The summed E-state index contributed by atoms with van der Waals surface area (Å²) in [5.41, 5.74) is -0.106. The number of hydrogen-bond acceptors (Lipinski definition) is 5. The first-order valence-electron chi connectivity index (χ1n) is 6.46. The number of carbonyl (C=O) groups is 3. The third kappa shape index (κ3) is 7.09. The van der Waals surface area contributed by atoms with Gasteiger partial charge in [-0.15, -0.1) is 0 Å². The zero-order chi connectivity index (χ0) is 16.4. The van der Waals surface area contributed by atoms with E-state index in [-0.39, 0.29) is 12.2 Å². The van der Waals surface area contributed by atoms with E-state index in [1.165, 1.54) is 6.08 Å². The second-order valence-corrected chi connectivity index (χ2v) is 4.22. The van der Waals surface area contributed by atoms with Gasteiger partial charge in [-0.2, -0.15) is 0 Å². The Morgan fingerprint density at radius 2 is 1.73 bits per heavy atom. The zero-order valence-electron chi connectivity index (χ0n) is 11.7. The molecule has 0 heterocycles. The maximum absolute atomic E-state index is 11.6. The van der Waals surface area contributed by atoms with Gasteiger partial charge in [-0.25, -0.2) is 9.59 Å². The van der Waals surface area contributed by atoms with Crippen LogP contribution in [0.3, 0.4) is 0 Å². The number of carboxylic acids is 2. The van der Waals surface area contributed by atoms with E-state index < -0.39 is 30.9 Å². The van der Waals surface area contributed by atoms with E-state index in [0.29, 0.717) is 12.2 Å². The second kappa shape index (κ2) is 9.17. The van der Waals surface area contributed by atoms with Crippen molar-refractivity contribution in [3.63, 3.8) is 0 Å². The number of esters is 1. The molecule has 1 rings (SSSR count). The highest BCUT2D eigenvalue weighted by Gasteiger charge is 2.15. The van der Waals surface area contributed by atoms with Gasteiger partial charge < -0.3 is 19.7 Å². The Labute approximate surface area is 126 Å². The standard InChI is InChI=1S/C15H16O7/c16-13(17)9-11(15(20)22-10-14(18)19)5-4-8-21-12-6-2-1-3-7-12/h1-3,5-7H,4,8-10H2,(H,16,17)(H,18,19). The lowest BCUT2D eigenvalue weighted by molar-refractivity contribution is -0.153. The van der Waals surface area contributed by atoms with Crippen LogP contribution in [-0.4, -0.2) is 41.3 Å². The molecule has 0 radical (unpaired) electrons.